The Bertz CT molecular complexity index is 1260. The van der Waals surface area contributed by atoms with Gasteiger partial charge in [-0.25, -0.2) is 0 Å². The summed E-state index contributed by atoms with van der Waals surface area (Å²) in [4.78, 5) is 0. The number of para-hydroxylation sites is 2. The molecule has 0 N–H and O–H groups in total. The van der Waals surface area contributed by atoms with Crippen LogP contribution in [0.5, 0.6) is 5.75 Å². The van der Waals surface area contributed by atoms with Gasteiger partial charge in [-0.1, -0.05) is 64.1 Å². The number of nitrogens with zero attached hydrogens (tertiary/aromatic N) is 1. The van der Waals surface area contributed by atoms with Crippen LogP contribution < -0.4 is 4.74 Å². The normalized spacial score (nSPS) is 17.3. The Morgan fingerprint density at radius 3 is 2.68 bits per heavy atom. The van der Waals surface area contributed by atoms with E-state index < -0.39 is 0 Å². The number of aromatic nitrogens is 1. The quantitative estimate of drug-likeness (QED) is 0.316. The summed E-state index contributed by atoms with van der Waals surface area (Å²) in [7, 11) is 0. The van der Waals surface area contributed by atoms with Gasteiger partial charge in [0.2, 0.25) is 0 Å². The number of hydrogen-bond donors (Lipinski definition) is 0. The Balaban J connectivity index is 1.69. The highest BCUT2D eigenvalue weighted by atomic mass is 79.9. The van der Waals surface area contributed by atoms with Crippen molar-refractivity contribution in [1.82, 2.24) is 4.57 Å². The highest BCUT2D eigenvalue weighted by Crippen LogP contribution is 2.52. The molecule has 136 valence electrons. The molecule has 2 nitrogen and oxygen atoms in total. The molecule has 2 aliphatic rings. The largest absolute Gasteiger partial charge is 0.489 e. The highest BCUT2D eigenvalue weighted by Gasteiger charge is 2.36. The standard InChI is InChI=1S/C24H16BrNOS/c25-16-10-11-21-19(12-16)22-15(13-27-21)14-28-24-23(22)18-8-4-5-9-20(18)26(24)17-6-2-1-3-7-17/h1-12,14,22H,13H2. The van der Waals surface area contributed by atoms with Crippen molar-refractivity contribution in [2.45, 2.75) is 10.9 Å². The van der Waals surface area contributed by atoms with Crippen LogP contribution in [0.15, 0.2) is 93.3 Å². The number of benzene rings is 3. The highest BCUT2D eigenvalue weighted by molar-refractivity contribution is 9.10. The molecule has 4 heteroatoms. The number of fused-ring (bicyclic) bond motifs is 7. The Hall–Kier alpha value is -2.43. The minimum Gasteiger partial charge on any atom is -0.489 e. The van der Waals surface area contributed by atoms with Crippen LogP contribution in [0.25, 0.3) is 16.6 Å². The molecule has 28 heavy (non-hydrogen) atoms. The molecule has 4 aromatic rings. The molecule has 0 radical (unpaired) electrons. The summed E-state index contributed by atoms with van der Waals surface area (Å²) < 4.78 is 9.54. The summed E-state index contributed by atoms with van der Waals surface area (Å²) in [5.74, 6) is 1.21. The molecule has 0 amide bonds. The molecular formula is C24H16BrNOS. The van der Waals surface area contributed by atoms with Gasteiger partial charge in [0, 0.05) is 32.6 Å². The number of ether oxygens (including phenoxy) is 1. The molecule has 0 saturated heterocycles. The predicted octanol–water partition coefficient (Wildman–Crippen LogP) is 6.91. The van der Waals surface area contributed by atoms with Gasteiger partial charge in [-0.3, -0.25) is 0 Å². The van der Waals surface area contributed by atoms with E-state index in [0.29, 0.717) is 6.61 Å². The van der Waals surface area contributed by atoms with E-state index in [4.69, 9.17) is 4.74 Å². The van der Waals surface area contributed by atoms with E-state index in [9.17, 15) is 0 Å². The van der Waals surface area contributed by atoms with E-state index in [-0.39, 0.29) is 5.92 Å². The van der Waals surface area contributed by atoms with Crippen LogP contribution >= 0.6 is 27.7 Å². The summed E-state index contributed by atoms with van der Waals surface area (Å²) in [6.07, 6.45) is 0. The molecule has 0 aliphatic carbocycles. The fourth-order valence-corrected chi connectivity index (χ4v) is 5.87. The lowest BCUT2D eigenvalue weighted by molar-refractivity contribution is 0.324. The van der Waals surface area contributed by atoms with Crippen LogP contribution in [-0.4, -0.2) is 11.2 Å². The third-order valence-corrected chi connectivity index (χ3v) is 7.08. The summed E-state index contributed by atoms with van der Waals surface area (Å²) in [6, 6.07) is 25.7. The summed E-state index contributed by atoms with van der Waals surface area (Å²) >= 11 is 5.46. The zero-order valence-electron chi connectivity index (χ0n) is 14.9. The third-order valence-electron chi connectivity index (χ3n) is 5.54. The minimum atomic E-state index is 0.229. The minimum absolute atomic E-state index is 0.229. The predicted molar refractivity (Wildman–Crippen MR) is 119 cm³/mol. The van der Waals surface area contributed by atoms with Gasteiger partial charge >= 0.3 is 0 Å². The van der Waals surface area contributed by atoms with E-state index in [0.717, 1.165) is 10.2 Å². The van der Waals surface area contributed by atoms with Gasteiger partial charge in [-0.2, -0.15) is 0 Å². The number of halogens is 1. The second-order valence-electron chi connectivity index (χ2n) is 7.12. The van der Waals surface area contributed by atoms with E-state index in [1.54, 1.807) is 0 Å². The fraction of sp³-hybridized carbons (Fsp3) is 0.0833. The zero-order valence-corrected chi connectivity index (χ0v) is 17.3. The Morgan fingerprint density at radius 2 is 1.79 bits per heavy atom. The van der Waals surface area contributed by atoms with Gasteiger partial charge in [0.1, 0.15) is 12.4 Å². The average Bonchev–Trinajstić information content (AvgIpc) is 3.08. The van der Waals surface area contributed by atoms with Gasteiger partial charge in [0.25, 0.3) is 0 Å². The van der Waals surface area contributed by atoms with Gasteiger partial charge in [0.05, 0.1) is 10.5 Å². The first kappa shape index (κ1) is 16.5. The molecule has 3 heterocycles. The van der Waals surface area contributed by atoms with Crippen molar-refractivity contribution in [1.29, 1.82) is 0 Å². The lowest BCUT2D eigenvalue weighted by Crippen LogP contribution is -2.20. The van der Waals surface area contributed by atoms with E-state index in [2.05, 4.69) is 98.7 Å². The van der Waals surface area contributed by atoms with Crippen molar-refractivity contribution in [3.05, 3.63) is 99.4 Å². The summed E-state index contributed by atoms with van der Waals surface area (Å²) in [5.41, 5.74) is 6.42. The van der Waals surface area contributed by atoms with Gasteiger partial charge in [-0.05, 0) is 47.4 Å². The second-order valence-corrected chi connectivity index (χ2v) is 8.90. The van der Waals surface area contributed by atoms with Crippen LogP contribution in [0, 0.1) is 0 Å². The molecule has 0 bridgehead atoms. The maximum Gasteiger partial charge on any atom is 0.124 e. The lowest BCUT2D eigenvalue weighted by Gasteiger charge is -2.32. The zero-order chi connectivity index (χ0) is 18.7. The Labute approximate surface area is 176 Å². The van der Waals surface area contributed by atoms with Gasteiger partial charge < -0.3 is 9.30 Å². The molecule has 0 saturated carbocycles. The molecule has 2 aliphatic heterocycles. The second kappa shape index (κ2) is 6.29. The SMILES string of the molecule is Brc1ccc2c(c1)C1C(=CSc3c1c1ccccc1n3-c1ccccc1)CO2. The van der Waals surface area contributed by atoms with Crippen molar-refractivity contribution < 1.29 is 4.74 Å². The van der Waals surface area contributed by atoms with E-state index >= 15 is 0 Å². The van der Waals surface area contributed by atoms with E-state index in [1.165, 1.54) is 38.3 Å². The van der Waals surface area contributed by atoms with Crippen molar-refractivity contribution in [3.8, 4) is 11.4 Å². The Morgan fingerprint density at radius 1 is 0.964 bits per heavy atom. The molecule has 1 aromatic heterocycles. The monoisotopic (exact) mass is 445 g/mol. The van der Waals surface area contributed by atoms with Crippen molar-refractivity contribution in [3.63, 3.8) is 0 Å². The van der Waals surface area contributed by atoms with Crippen molar-refractivity contribution >= 4 is 38.6 Å². The number of rotatable bonds is 1. The third kappa shape index (κ3) is 2.34. The first-order chi connectivity index (χ1) is 13.8. The molecular weight excluding hydrogens is 430 g/mol. The summed E-state index contributed by atoms with van der Waals surface area (Å²) in [6.45, 7) is 0.649. The Kier molecular flexibility index (Phi) is 3.71. The van der Waals surface area contributed by atoms with Crippen LogP contribution in [0.3, 0.4) is 0 Å². The summed E-state index contributed by atoms with van der Waals surface area (Å²) in [5, 5.41) is 4.90. The maximum atomic E-state index is 6.06. The topological polar surface area (TPSA) is 14.2 Å². The van der Waals surface area contributed by atoms with E-state index in [1.807, 2.05) is 11.8 Å². The van der Waals surface area contributed by atoms with Crippen molar-refractivity contribution in [2.24, 2.45) is 0 Å². The molecule has 3 aromatic carbocycles. The average molecular weight is 446 g/mol. The van der Waals surface area contributed by atoms with Gasteiger partial charge in [0.15, 0.2) is 0 Å². The first-order valence-electron chi connectivity index (χ1n) is 9.28. The lowest BCUT2D eigenvalue weighted by atomic mass is 9.83. The van der Waals surface area contributed by atoms with Gasteiger partial charge in [-0.15, -0.1) is 0 Å². The molecule has 6 rings (SSSR count). The number of thioether (sulfide) groups is 1. The number of hydrogen-bond acceptors (Lipinski definition) is 2. The first-order valence-corrected chi connectivity index (χ1v) is 10.9. The fourth-order valence-electron chi connectivity index (χ4n) is 4.36. The molecule has 0 fully saturated rings. The van der Waals surface area contributed by atoms with Crippen LogP contribution in [0.2, 0.25) is 0 Å². The molecule has 1 unspecified atom stereocenters. The van der Waals surface area contributed by atoms with Crippen LogP contribution in [-0.2, 0) is 0 Å². The van der Waals surface area contributed by atoms with Crippen molar-refractivity contribution in [2.75, 3.05) is 6.61 Å². The smallest absolute Gasteiger partial charge is 0.124 e. The molecule has 0 spiro atoms. The van der Waals surface area contributed by atoms with Crippen LogP contribution in [0.1, 0.15) is 17.0 Å². The van der Waals surface area contributed by atoms with Crippen LogP contribution in [0.4, 0.5) is 0 Å². The maximum absolute atomic E-state index is 6.06. The molecule has 1 atom stereocenters.